The summed E-state index contributed by atoms with van der Waals surface area (Å²) in [5.74, 6) is 0.157. The maximum absolute atomic E-state index is 11.1. The van der Waals surface area contributed by atoms with Crippen LogP contribution in [0.3, 0.4) is 0 Å². The summed E-state index contributed by atoms with van der Waals surface area (Å²) in [6, 6.07) is 0. The third-order valence-electron chi connectivity index (χ3n) is 2.23. The second kappa shape index (κ2) is 3.00. The summed E-state index contributed by atoms with van der Waals surface area (Å²) in [4.78, 5) is 0. The lowest BCUT2D eigenvalue weighted by Crippen LogP contribution is -2.26. The normalized spacial score (nSPS) is 32.1. The molecule has 1 aliphatic rings. The summed E-state index contributed by atoms with van der Waals surface area (Å²) in [6.07, 6.45) is 1.67. The topological polar surface area (TPSA) is 43.4 Å². The van der Waals surface area contributed by atoms with Crippen LogP contribution in [-0.2, 0) is 14.3 Å². The number of hydrogen-bond acceptors (Lipinski definition) is 3. The van der Waals surface area contributed by atoms with E-state index in [1.807, 2.05) is 20.8 Å². The first-order valence-corrected chi connectivity index (χ1v) is 5.86. The molecule has 0 spiro atoms. The molecule has 3 nitrogen and oxygen atoms in total. The zero-order chi connectivity index (χ0) is 9.41. The molecule has 1 atom stereocenters. The SMILES string of the molecule is CCCC1OS(=O)(=O)CC1(C)C. The lowest BCUT2D eigenvalue weighted by molar-refractivity contribution is 0.124. The fourth-order valence-electron chi connectivity index (χ4n) is 1.59. The third kappa shape index (κ3) is 1.98. The van der Waals surface area contributed by atoms with Crippen LogP contribution in [0.2, 0.25) is 0 Å². The molecule has 0 aliphatic carbocycles. The Kier molecular flexibility index (Phi) is 2.50. The molecule has 1 fully saturated rings. The molecule has 1 rings (SSSR count). The van der Waals surface area contributed by atoms with Gasteiger partial charge in [-0.25, -0.2) is 0 Å². The van der Waals surface area contributed by atoms with Crippen LogP contribution in [0, 0.1) is 5.41 Å². The van der Waals surface area contributed by atoms with Crippen molar-refractivity contribution in [1.82, 2.24) is 0 Å². The van der Waals surface area contributed by atoms with E-state index in [9.17, 15) is 8.42 Å². The molecule has 0 saturated carbocycles. The first kappa shape index (κ1) is 9.99. The third-order valence-corrected chi connectivity index (χ3v) is 3.86. The van der Waals surface area contributed by atoms with Gasteiger partial charge in [0.1, 0.15) is 0 Å². The Morgan fingerprint density at radius 3 is 2.42 bits per heavy atom. The van der Waals surface area contributed by atoms with Crippen molar-refractivity contribution in [2.75, 3.05) is 5.75 Å². The van der Waals surface area contributed by atoms with Crippen LogP contribution < -0.4 is 0 Å². The van der Waals surface area contributed by atoms with Crippen molar-refractivity contribution < 1.29 is 12.6 Å². The molecule has 0 radical (unpaired) electrons. The second-order valence-corrected chi connectivity index (χ2v) is 5.66. The summed E-state index contributed by atoms with van der Waals surface area (Å²) in [7, 11) is -3.23. The molecule has 1 unspecified atom stereocenters. The minimum atomic E-state index is -3.23. The Morgan fingerprint density at radius 2 is 2.08 bits per heavy atom. The maximum Gasteiger partial charge on any atom is 0.268 e. The van der Waals surface area contributed by atoms with Crippen LogP contribution in [0.15, 0.2) is 0 Å². The zero-order valence-corrected chi connectivity index (χ0v) is 8.65. The highest BCUT2D eigenvalue weighted by molar-refractivity contribution is 7.87. The van der Waals surface area contributed by atoms with Gasteiger partial charge in [0.15, 0.2) is 0 Å². The van der Waals surface area contributed by atoms with Gasteiger partial charge in [0.25, 0.3) is 10.1 Å². The summed E-state index contributed by atoms with van der Waals surface area (Å²) >= 11 is 0. The largest absolute Gasteiger partial charge is 0.268 e. The van der Waals surface area contributed by atoms with Gasteiger partial charge in [0.2, 0.25) is 0 Å². The van der Waals surface area contributed by atoms with Crippen LogP contribution in [0.25, 0.3) is 0 Å². The lowest BCUT2D eigenvalue weighted by Gasteiger charge is -2.21. The highest BCUT2D eigenvalue weighted by Gasteiger charge is 2.44. The minimum Gasteiger partial charge on any atom is -0.266 e. The standard InChI is InChI=1S/C8H16O3S/c1-4-5-7-8(2,3)6-12(9,10)11-7/h7H,4-6H2,1-3H3. The van der Waals surface area contributed by atoms with Gasteiger partial charge >= 0.3 is 0 Å². The van der Waals surface area contributed by atoms with Gasteiger partial charge in [-0.05, 0) is 6.42 Å². The van der Waals surface area contributed by atoms with Gasteiger partial charge in [-0.1, -0.05) is 27.2 Å². The number of rotatable bonds is 2. The van der Waals surface area contributed by atoms with Crippen molar-refractivity contribution in [3.63, 3.8) is 0 Å². The van der Waals surface area contributed by atoms with Gasteiger partial charge < -0.3 is 0 Å². The van der Waals surface area contributed by atoms with Crippen molar-refractivity contribution in [2.45, 2.75) is 39.7 Å². The molecule has 0 amide bonds. The predicted molar refractivity (Wildman–Crippen MR) is 47.3 cm³/mol. The fraction of sp³-hybridized carbons (Fsp3) is 1.00. The van der Waals surface area contributed by atoms with E-state index < -0.39 is 10.1 Å². The Balaban J connectivity index is 2.78. The van der Waals surface area contributed by atoms with Gasteiger partial charge in [0.05, 0.1) is 11.9 Å². The lowest BCUT2D eigenvalue weighted by atomic mass is 9.86. The van der Waals surface area contributed by atoms with Crippen LogP contribution >= 0.6 is 0 Å². The summed E-state index contributed by atoms with van der Waals surface area (Å²) in [5.41, 5.74) is -0.213. The van der Waals surface area contributed by atoms with E-state index in [0.29, 0.717) is 0 Å². The fourth-order valence-corrected chi connectivity index (χ4v) is 3.47. The van der Waals surface area contributed by atoms with Crippen molar-refractivity contribution in [3.8, 4) is 0 Å². The zero-order valence-electron chi connectivity index (χ0n) is 7.83. The molecule has 1 aliphatic heterocycles. The van der Waals surface area contributed by atoms with E-state index >= 15 is 0 Å². The average Bonchev–Trinajstić information content (AvgIpc) is 2.01. The van der Waals surface area contributed by atoms with E-state index in [-0.39, 0.29) is 17.3 Å². The van der Waals surface area contributed by atoms with Crippen LogP contribution in [0.4, 0.5) is 0 Å². The molecule has 12 heavy (non-hydrogen) atoms. The van der Waals surface area contributed by atoms with Crippen LogP contribution in [0.1, 0.15) is 33.6 Å². The monoisotopic (exact) mass is 192 g/mol. The highest BCUT2D eigenvalue weighted by atomic mass is 32.2. The molecule has 0 aromatic heterocycles. The van der Waals surface area contributed by atoms with Crippen molar-refractivity contribution >= 4 is 10.1 Å². The van der Waals surface area contributed by atoms with Gasteiger partial charge in [-0.2, -0.15) is 8.42 Å². The molecular formula is C8H16O3S. The molecule has 0 aromatic rings. The molecule has 4 heteroatoms. The highest BCUT2D eigenvalue weighted by Crippen LogP contribution is 2.36. The van der Waals surface area contributed by atoms with Gasteiger partial charge in [-0.15, -0.1) is 0 Å². The van der Waals surface area contributed by atoms with E-state index in [1.165, 1.54) is 0 Å². The van der Waals surface area contributed by atoms with Gasteiger partial charge in [-0.3, -0.25) is 4.18 Å². The van der Waals surface area contributed by atoms with E-state index in [2.05, 4.69) is 0 Å². The van der Waals surface area contributed by atoms with Crippen LogP contribution in [0.5, 0.6) is 0 Å². The summed E-state index contributed by atoms with van der Waals surface area (Å²) in [5, 5.41) is 0. The van der Waals surface area contributed by atoms with Crippen molar-refractivity contribution in [3.05, 3.63) is 0 Å². The Hall–Kier alpha value is -0.0900. The molecule has 72 valence electrons. The van der Waals surface area contributed by atoms with E-state index in [1.54, 1.807) is 0 Å². The first-order chi connectivity index (χ1) is 5.37. The quantitative estimate of drug-likeness (QED) is 0.623. The van der Waals surface area contributed by atoms with Crippen molar-refractivity contribution in [1.29, 1.82) is 0 Å². The first-order valence-electron chi connectivity index (χ1n) is 4.28. The minimum absolute atomic E-state index is 0.118. The summed E-state index contributed by atoms with van der Waals surface area (Å²) < 4.78 is 27.2. The Morgan fingerprint density at radius 1 is 1.50 bits per heavy atom. The Bertz CT molecular complexity index is 253. The molecule has 1 heterocycles. The number of hydrogen-bond donors (Lipinski definition) is 0. The second-order valence-electron chi connectivity index (χ2n) is 4.06. The molecule has 1 saturated heterocycles. The maximum atomic E-state index is 11.1. The molecular weight excluding hydrogens is 176 g/mol. The average molecular weight is 192 g/mol. The van der Waals surface area contributed by atoms with E-state index in [0.717, 1.165) is 12.8 Å². The molecule has 0 bridgehead atoms. The molecule has 0 aromatic carbocycles. The Labute approximate surface area is 74.2 Å². The van der Waals surface area contributed by atoms with Gasteiger partial charge in [0, 0.05) is 5.41 Å². The van der Waals surface area contributed by atoms with Crippen LogP contribution in [-0.4, -0.2) is 20.3 Å². The molecule has 0 N–H and O–H groups in total. The smallest absolute Gasteiger partial charge is 0.266 e. The van der Waals surface area contributed by atoms with Crippen molar-refractivity contribution in [2.24, 2.45) is 5.41 Å². The van der Waals surface area contributed by atoms with E-state index in [4.69, 9.17) is 4.18 Å². The predicted octanol–water partition coefficient (Wildman–Crippen LogP) is 1.54. The summed E-state index contributed by atoms with van der Waals surface area (Å²) in [6.45, 7) is 5.92.